The highest BCUT2D eigenvalue weighted by Gasteiger charge is 2.18. The highest BCUT2D eigenvalue weighted by atomic mass is 32.1. The molecule has 188 valence electrons. The summed E-state index contributed by atoms with van der Waals surface area (Å²) in [6.07, 6.45) is 0. The van der Waals surface area contributed by atoms with E-state index in [2.05, 4.69) is 53.3 Å². The minimum Gasteiger partial charge on any atom is -0.383 e. The van der Waals surface area contributed by atoms with Crippen LogP contribution in [-0.2, 0) is 11.8 Å². The van der Waals surface area contributed by atoms with E-state index in [4.69, 9.17) is 9.73 Å². The Kier molecular flexibility index (Phi) is 7.08. The summed E-state index contributed by atoms with van der Waals surface area (Å²) >= 11 is 1.53. The Morgan fingerprint density at radius 1 is 0.892 bits per heavy atom. The third kappa shape index (κ3) is 4.75. The Balaban J connectivity index is 1.63. The second kappa shape index (κ2) is 10.6. The minimum atomic E-state index is -0.140. The van der Waals surface area contributed by atoms with Crippen molar-refractivity contribution in [3.05, 3.63) is 111 Å². The molecule has 7 heteroatoms. The van der Waals surface area contributed by atoms with Crippen molar-refractivity contribution in [3.8, 4) is 28.1 Å². The van der Waals surface area contributed by atoms with E-state index in [1.54, 1.807) is 11.8 Å². The highest BCUT2D eigenvalue weighted by Crippen LogP contribution is 2.27. The number of thiazole rings is 1. The van der Waals surface area contributed by atoms with Gasteiger partial charge in [-0.05, 0) is 42.7 Å². The molecule has 3 aromatic carbocycles. The van der Waals surface area contributed by atoms with Gasteiger partial charge in [-0.3, -0.25) is 9.48 Å². The van der Waals surface area contributed by atoms with Crippen molar-refractivity contribution < 1.29 is 4.74 Å². The van der Waals surface area contributed by atoms with Crippen molar-refractivity contribution in [2.24, 2.45) is 12.0 Å². The van der Waals surface area contributed by atoms with Crippen LogP contribution in [0.1, 0.15) is 18.7 Å². The van der Waals surface area contributed by atoms with Crippen molar-refractivity contribution in [1.82, 2.24) is 13.9 Å². The molecule has 1 unspecified atom stereocenters. The van der Waals surface area contributed by atoms with Crippen LogP contribution in [0.4, 0.5) is 5.69 Å². The standard InChI is InChI=1S/C30H30N4O2S/c1-21(19-36-4)33-27(25-17-15-24(16-18-25)23-11-7-5-8-12-23)20-37-30(33)31-28-22(2)32(3)34(29(28)35)26-13-9-6-10-14-26/h5-18,20-21H,19H2,1-4H3. The number of ether oxygens (including phenoxy) is 1. The normalized spacial score (nSPS) is 12.7. The zero-order chi connectivity index (χ0) is 25.9. The fourth-order valence-corrected chi connectivity index (χ4v) is 5.60. The van der Waals surface area contributed by atoms with E-state index in [0.717, 1.165) is 27.4 Å². The first-order chi connectivity index (χ1) is 18.0. The zero-order valence-electron chi connectivity index (χ0n) is 21.5. The average Bonchev–Trinajstić information content (AvgIpc) is 3.44. The van der Waals surface area contributed by atoms with Gasteiger partial charge in [-0.2, -0.15) is 0 Å². The molecule has 5 rings (SSSR count). The monoisotopic (exact) mass is 510 g/mol. The van der Waals surface area contributed by atoms with Crippen LogP contribution in [-0.4, -0.2) is 27.6 Å². The molecule has 6 nitrogen and oxygen atoms in total. The largest absolute Gasteiger partial charge is 0.383 e. The van der Waals surface area contributed by atoms with E-state index < -0.39 is 0 Å². The molecule has 2 heterocycles. The maximum atomic E-state index is 13.5. The first-order valence-electron chi connectivity index (χ1n) is 12.2. The number of hydrogen-bond acceptors (Lipinski definition) is 4. The van der Waals surface area contributed by atoms with Crippen LogP contribution in [0.5, 0.6) is 0 Å². The van der Waals surface area contributed by atoms with E-state index in [9.17, 15) is 4.79 Å². The number of benzene rings is 3. The van der Waals surface area contributed by atoms with Crippen molar-refractivity contribution in [2.45, 2.75) is 19.9 Å². The van der Waals surface area contributed by atoms with E-state index in [-0.39, 0.29) is 11.6 Å². The van der Waals surface area contributed by atoms with Gasteiger partial charge in [0.1, 0.15) is 0 Å². The van der Waals surface area contributed by atoms with E-state index in [1.807, 2.05) is 67.2 Å². The Bertz CT molecular complexity index is 1630. The second-order valence-electron chi connectivity index (χ2n) is 9.04. The first-order valence-corrected chi connectivity index (χ1v) is 13.1. The lowest BCUT2D eigenvalue weighted by molar-refractivity contribution is 0.162. The third-order valence-electron chi connectivity index (χ3n) is 6.61. The Hall–Kier alpha value is -3.94. The van der Waals surface area contributed by atoms with Gasteiger partial charge in [-0.25, -0.2) is 9.67 Å². The summed E-state index contributed by atoms with van der Waals surface area (Å²) in [5.74, 6) is 0. The van der Waals surface area contributed by atoms with Crippen LogP contribution in [0.25, 0.3) is 28.1 Å². The molecular formula is C30H30N4O2S. The molecular weight excluding hydrogens is 480 g/mol. The number of hydrogen-bond donors (Lipinski definition) is 0. The summed E-state index contributed by atoms with van der Waals surface area (Å²) in [6, 6.07) is 28.6. The summed E-state index contributed by atoms with van der Waals surface area (Å²) in [7, 11) is 3.59. The second-order valence-corrected chi connectivity index (χ2v) is 9.88. The molecule has 0 spiro atoms. The molecule has 5 aromatic rings. The van der Waals surface area contributed by atoms with Crippen LogP contribution < -0.4 is 10.4 Å². The Labute approximate surface area is 220 Å². The van der Waals surface area contributed by atoms with Gasteiger partial charge in [0, 0.05) is 19.5 Å². The van der Waals surface area contributed by atoms with E-state index >= 15 is 0 Å². The Morgan fingerprint density at radius 2 is 1.49 bits per heavy atom. The molecule has 0 aliphatic heterocycles. The SMILES string of the molecule is COCC(C)n1c(-c2ccc(-c3ccccc3)cc2)csc1=Nc1c(C)n(C)n(-c2ccccc2)c1=O. The lowest BCUT2D eigenvalue weighted by Crippen LogP contribution is -2.24. The molecule has 0 aliphatic rings. The van der Waals surface area contributed by atoms with Crippen LogP contribution in [0.2, 0.25) is 0 Å². The molecule has 0 saturated heterocycles. The summed E-state index contributed by atoms with van der Waals surface area (Å²) < 4.78 is 11.2. The number of nitrogens with zero attached hydrogens (tertiary/aromatic N) is 4. The lowest BCUT2D eigenvalue weighted by Gasteiger charge is -2.17. The van der Waals surface area contributed by atoms with Gasteiger partial charge in [-0.15, -0.1) is 11.3 Å². The van der Waals surface area contributed by atoms with Crippen LogP contribution in [0.3, 0.4) is 0 Å². The summed E-state index contributed by atoms with van der Waals surface area (Å²) in [5.41, 5.74) is 6.41. The number of aromatic nitrogens is 3. The summed E-state index contributed by atoms with van der Waals surface area (Å²) in [4.78, 5) is 19.2. The fourth-order valence-electron chi connectivity index (χ4n) is 4.60. The lowest BCUT2D eigenvalue weighted by atomic mass is 10.0. The molecule has 2 aromatic heterocycles. The number of methoxy groups -OCH3 is 1. The zero-order valence-corrected chi connectivity index (χ0v) is 22.3. The Morgan fingerprint density at radius 3 is 2.14 bits per heavy atom. The molecule has 0 saturated carbocycles. The predicted molar refractivity (Wildman–Crippen MR) is 151 cm³/mol. The first kappa shape index (κ1) is 24.7. The molecule has 1 atom stereocenters. The smallest absolute Gasteiger partial charge is 0.297 e. The molecule has 0 fully saturated rings. The van der Waals surface area contributed by atoms with Crippen molar-refractivity contribution in [1.29, 1.82) is 0 Å². The minimum absolute atomic E-state index is 0.0270. The van der Waals surface area contributed by atoms with Crippen molar-refractivity contribution in [2.75, 3.05) is 13.7 Å². The quantitative estimate of drug-likeness (QED) is 0.265. The van der Waals surface area contributed by atoms with Gasteiger partial charge in [0.25, 0.3) is 5.56 Å². The van der Waals surface area contributed by atoms with Crippen LogP contribution in [0, 0.1) is 6.92 Å². The van der Waals surface area contributed by atoms with Gasteiger partial charge < -0.3 is 9.30 Å². The van der Waals surface area contributed by atoms with Gasteiger partial charge in [0.15, 0.2) is 10.5 Å². The topological polar surface area (TPSA) is 53.4 Å². The van der Waals surface area contributed by atoms with Crippen molar-refractivity contribution >= 4 is 17.0 Å². The van der Waals surface area contributed by atoms with Gasteiger partial charge in [-0.1, -0.05) is 72.8 Å². The molecule has 0 amide bonds. The molecule has 0 aliphatic carbocycles. The van der Waals surface area contributed by atoms with E-state index in [0.29, 0.717) is 12.3 Å². The molecule has 0 N–H and O–H groups in total. The maximum Gasteiger partial charge on any atom is 0.297 e. The van der Waals surface area contributed by atoms with E-state index in [1.165, 1.54) is 22.5 Å². The molecule has 37 heavy (non-hydrogen) atoms. The van der Waals surface area contributed by atoms with Crippen molar-refractivity contribution in [3.63, 3.8) is 0 Å². The molecule has 0 radical (unpaired) electrons. The summed E-state index contributed by atoms with van der Waals surface area (Å²) in [6.45, 7) is 4.57. The highest BCUT2D eigenvalue weighted by molar-refractivity contribution is 7.07. The van der Waals surface area contributed by atoms with Gasteiger partial charge in [0.2, 0.25) is 0 Å². The van der Waals surface area contributed by atoms with Gasteiger partial charge in [0.05, 0.1) is 29.7 Å². The predicted octanol–water partition coefficient (Wildman–Crippen LogP) is 6.12. The average molecular weight is 511 g/mol. The van der Waals surface area contributed by atoms with Gasteiger partial charge >= 0.3 is 0 Å². The molecule has 0 bridgehead atoms. The maximum absolute atomic E-state index is 13.5. The number of rotatable bonds is 7. The summed E-state index contributed by atoms with van der Waals surface area (Å²) in [5, 5.41) is 2.11. The number of para-hydroxylation sites is 1. The fraction of sp³-hybridized carbons (Fsp3) is 0.200. The van der Waals surface area contributed by atoms with Crippen LogP contribution >= 0.6 is 11.3 Å². The van der Waals surface area contributed by atoms with Crippen LogP contribution in [0.15, 0.2) is 100 Å². The third-order valence-corrected chi connectivity index (χ3v) is 7.45.